The average molecular weight is 390 g/mol. The number of aromatic amines is 2. The first-order chi connectivity index (χ1) is 13.2. The summed E-state index contributed by atoms with van der Waals surface area (Å²) in [4.78, 5) is 4.51. The molecule has 2 aliphatic rings. The first-order valence-corrected chi connectivity index (χ1v) is 9.40. The molecule has 0 amide bonds. The van der Waals surface area contributed by atoms with Gasteiger partial charge in [0.25, 0.3) is 0 Å². The maximum absolute atomic E-state index is 13.2. The van der Waals surface area contributed by atoms with Crippen molar-refractivity contribution in [1.29, 1.82) is 0 Å². The zero-order valence-electron chi connectivity index (χ0n) is 15.6. The van der Waals surface area contributed by atoms with Gasteiger partial charge in [-0.05, 0) is 48.1 Å². The van der Waals surface area contributed by atoms with Gasteiger partial charge in [0.15, 0.2) is 0 Å². The Bertz CT molecular complexity index is 1080. The van der Waals surface area contributed by atoms with E-state index < -0.39 is 24.4 Å². The number of hydrogen-bond acceptors (Lipinski definition) is 3. The molecule has 8 heteroatoms. The van der Waals surface area contributed by atoms with Gasteiger partial charge < -0.3 is 15.0 Å². The summed E-state index contributed by atoms with van der Waals surface area (Å²) in [6.07, 6.45) is -1.04. The van der Waals surface area contributed by atoms with Crippen molar-refractivity contribution in [3.63, 3.8) is 0 Å². The number of aryl methyl sites for hydroxylation is 2. The standard InChI is InChI=1S/C20H21F3N4O/c1-19(2)13-7-14-12(6-15(13)27(18(19)28)9-20(21,22)23)11-5-3-4-10-8-24-26-16(10)17(11)25-14/h6-8,18,25,28H,3-5,9H2,1-2H3,(H,24,26). The van der Waals surface area contributed by atoms with Crippen LogP contribution >= 0.6 is 0 Å². The molecule has 1 unspecified atom stereocenters. The van der Waals surface area contributed by atoms with Gasteiger partial charge in [-0.25, -0.2) is 0 Å². The van der Waals surface area contributed by atoms with Crippen molar-refractivity contribution in [3.05, 3.63) is 35.0 Å². The van der Waals surface area contributed by atoms with Crippen LogP contribution in [0.15, 0.2) is 18.3 Å². The fourth-order valence-electron chi connectivity index (χ4n) is 4.70. The molecule has 3 N–H and O–H groups in total. The number of rotatable bonds is 1. The molecule has 1 atom stereocenters. The van der Waals surface area contributed by atoms with Crippen molar-refractivity contribution in [1.82, 2.24) is 15.2 Å². The van der Waals surface area contributed by atoms with Crippen LogP contribution in [-0.4, -0.2) is 39.2 Å². The number of aliphatic hydroxyl groups is 1. The van der Waals surface area contributed by atoms with E-state index >= 15 is 0 Å². The van der Waals surface area contributed by atoms with Gasteiger partial charge >= 0.3 is 6.18 Å². The Labute approximate surface area is 159 Å². The van der Waals surface area contributed by atoms with E-state index in [1.807, 2.05) is 12.3 Å². The van der Waals surface area contributed by atoms with Gasteiger partial charge in [-0.3, -0.25) is 5.10 Å². The molecule has 5 rings (SSSR count). The van der Waals surface area contributed by atoms with Gasteiger partial charge in [0, 0.05) is 28.2 Å². The summed E-state index contributed by atoms with van der Waals surface area (Å²) in [7, 11) is 0. The maximum Gasteiger partial charge on any atom is 0.406 e. The van der Waals surface area contributed by atoms with Gasteiger partial charge in [-0.15, -0.1) is 0 Å². The van der Waals surface area contributed by atoms with E-state index in [4.69, 9.17) is 0 Å². The Morgan fingerprint density at radius 1 is 1.29 bits per heavy atom. The second kappa shape index (κ2) is 5.53. The number of halogens is 3. The summed E-state index contributed by atoms with van der Waals surface area (Å²) >= 11 is 0. The van der Waals surface area contributed by atoms with Gasteiger partial charge in [-0.2, -0.15) is 18.3 Å². The quantitative estimate of drug-likeness (QED) is 0.588. The fraction of sp³-hybridized carbons (Fsp3) is 0.450. The van der Waals surface area contributed by atoms with E-state index in [-0.39, 0.29) is 0 Å². The molecule has 0 radical (unpaired) electrons. The lowest BCUT2D eigenvalue weighted by Crippen LogP contribution is -2.45. The Hall–Kier alpha value is -2.48. The van der Waals surface area contributed by atoms with Crippen LogP contribution in [-0.2, 0) is 18.3 Å². The lowest BCUT2D eigenvalue weighted by Gasteiger charge is -2.30. The van der Waals surface area contributed by atoms with Crippen molar-refractivity contribution in [3.8, 4) is 11.4 Å². The predicted molar refractivity (Wildman–Crippen MR) is 100 cm³/mol. The van der Waals surface area contributed by atoms with Crippen LogP contribution in [0.25, 0.3) is 22.3 Å². The number of H-pyrrole nitrogens is 2. The van der Waals surface area contributed by atoms with Gasteiger partial charge in [-0.1, -0.05) is 13.8 Å². The molecular formula is C20H21F3N4O. The van der Waals surface area contributed by atoms with E-state index in [0.29, 0.717) is 5.69 Å². The Morgan fingerprint density at radius 2 is 2.07 bits per heavy atom. The van der Waals surface area contributed by atoms with Crippen molar-refractivity contribution in [2.24, 2.45) is 0 Å². The number of nitrogens with zero attached hydrogens (tertiary/aromatic N) is 2. The Balaban J connectivity index is 1.73. The van der Waals surface area contributed by atoms with E-state index in [1.54, 1.807) is 19.9 Å². The first-order valence-electron chi connectivity index (χ1n) is 9.40. The van der Waals surface area contributed by atoms with Crippen LogP contribution in [0.5, 0.6) is 0 Å². The zero-order chi connectivity index (χ0) is 19.8. The third kappa shape index (κ3) is 2.40. The number of fused-ring (bicyclic) bond motifs is 6. The molecule has 5 nitrogen and oxygen atoms in total. The third-order valence-corrected chi connectivity index (χ3v) is 6.15. The van der Waals surface area contributed by atoms with Crippen molar-refractivity contribution >= 4 is 16.6 Å². The van der Waals surface area contributed by atoms with Crippen LogP contribution in [0.4, 0.5) is 18.9 Å². The maximum atomic E-state index is 13.2. The first kappa shape index (κ1) is 17.6. The second-order valence-electron chi connectivity index (χ2n) is 8.34. The number of hydrogen-bond donors (Lipinski definition) is 3. The molecule has 3 heterocycles. The average Bonchev–Trinajstić information content (AvgIpc) is 3.22. The minimum Gasteiger partial charge on any atom is -0.373 e. The SMILES string of the molecule is CC1(C)c2cc3[nH]c4c(c3cc2N(CC(F)(F)F)C1O)CCCc1c[nH]nc1-4. The van der Waals surface area contributed by atoms with Crippen molar-refractivity contribution in [2.75, 3.05) is 11.4 Å². The topological polar surface area (TPSA) is 67.9 Å². The van der Waals surface area contributed by atoms with E-state index in [9.17, 15) is 18.3 Å². The fourth-order valence-corrected chi connectivity index (χ4v) is 4.70. The van der Waals surface area contributed by atoms with Crippen LogP contribution < -0.4 is 4.90 Å². The molecule has 1 aromatic carbocycles. The van der Waals surface area contributed by atoms with E-state index in [1.165, 1.54) is 0 Å². The molecule has 0 saturated heterocycles. The highest BCUT2D eigenvalue weighted by atomic mass is 19.4. The molecule has 1 aliphatic heterocycles. The minimum absolute atomic E-state index is 0.454. The summed E-state index contributed by atoms with van der Waals surface area (Å²) in [5.41, 5.74) is 5.28. The normalized spacial score (nSPS) is 20.8. The van der Waals surface area contributed by atoms with Gasteiger partial charge in [0.2, 0.25) is 0 Å². The highest BCUT2D eigenvalue weighted by molar-refractivity contribution is 5.95. The number of aliphatic hydroxyl groups excluding tert-OH is 1. The van der Waals surface area contributed by atoms with Crippen LogP contribution in [0.1, 0.15) is 37.0 Å². The predicted octanol–water partition coefficient (Wildman–Crippen LogP) is 4.03. The molecule has 2 aromatic heterocycles. The Kier molecular flexibility index (Phi) is 3.48. The minimum atomic E-state index is -4.40. The molecule has 0 spiro atoms. The summed E-state index contributed by atoms with van der Waals surface area (Å²) in [6, 6.07) is 3.70. The van der Waals surface area contributed by atoms with Crippen LogP contribution in [0.3, 0.4) is 0 Å². The van der Waals surface area contributed by atoms with E-state index in [2.05, 4.69) is 15.2 Å². The lowest BCUT2D eigenvalue weighted by atomic mass is 9.85. The molecule has 148 valence electrons. The smallest absolute Gasteiger partial charge is 0.373 e. The largest absolute Gasteiger partial charge is 0.406 e. The number of aromatic nitrogens is 3. The zero-order valence-corrected chi connectivity index (χ0v) is 15.6. The summed E-state index contributed by atoms with van der Waals surface area (Å²) in [5.74, 6) is 0. The van der Waals surface area contributed by atoms with E-state index in [0.717, 1.165) is 63.1 Å². The van der Waals surface area contributed by atoms with Gasteiger partial charge in [0.05, 0.1) is 5.69 Å². The van der Waals surface area contributed by atoms with Gasteiger partial charge in [0.1, 0.15) is 18.5 Å². The summed E-state index contributed by atoms with van der Waals surface area (Å²) in [5, 5.41) is 18.8. The molecule has 0 saturated carbocycles. The van der Waals surface area contributed by atoms with Crippen LogP contribution in [0, 0.1) is 0 Å². The number of nitrogens with one attached hydrogen (secondary N) is 2. The number of benzene rings is 1. The van der Waals surface area contributed by atoms with Crippen molar-refractivity contribution < 1.29 is 18.3 Å². The lowest BCUT2D eigenvalue weighted by molar-refractivity contribution is -0.124. The van der Waals surface area contributed by atoms with Crippen molar-refractivity contribution in [2.45, 2.75) is 50.9 Å². The third-order valence-electron chi connectivity index (χ3n) is 6.15. The second-order valence-corrected chi connectivity index (χ2v) is 8.34. The Morgan fingerprint density at radius 3 is 2.82 bits per heavy atom. The molecule has 28 heavy (non-hydrogen) atoms. The number of anilines is 1. The molecular weight excluding hydrogens is 369 g/mol. The highest BCUT2D eigenvalue weighted by Gasteiger charge is 2.47. The summed E-state index contributed by atoms with van der Waals surface area (Å²) in [6.45, 7) is 2.38. The monoisotopic (exact) mass is 390 g/mol. The summed E-state index contributed by atoms with van der Waals surface area (Å²) < 4.78 is 39.5. The van der Waals surface area contributed by atoms with Crippen LogP contribution in [0.2, 0.25) is 0 Å². The molecule has 1 aliphatic carbocycles. The molecule has 3 aromatic rings. The molecule has 0 fully saturated rings. The highest BCUT2D eigenvalue weighted by Crippen LogP contribution is 2.48. The molecule has 0 bridgehead atoms. The number of alkyl halides is 3.